The highest BCUT2D eigenvalue weighted by Crippen LogP contribution is 2.32. The third-order valence-corrected chi connectivity index (χ3v) is 3.75. The molecule has 1 N–H and O–H groups in total. The van der Waals surface area contributed by atoms with Gasteiger partial charge in [0.25, 0.3) is 5.91 Å². The molecule has 126 valence electrons. The van der Waals surface area contributed by atoms with Crippen LogP contribution in [0.15, 0.2) is 49.1 Å². The van der Waals surface area contributed by atoms with Crippen molar-refractivity contribution in [3.63, 3.8) is 0 Å². The van der Waals surface area contributed by atoms with Crippen LogP contribution in [0.1, 0.15) is 10.4 Å². The fourth-order valence-corrected chi connectivity index (χ4v) is 2.54. The highest BCUT2D eigenvalue weighted by Gasteiger charge is 2.16. The summed E-state index contributed by atoms with van der Waals surface area (Å²) in [6, 6.07) is 6.88. The summed E-state index contributed by atoms with van der Waals surface area (Å²) in [5.41, 5.74) is 0.529. The fraction of sp³-hybridized carbons (Fsp3) is 0.176. The molecule has 0 radical (unpaired) electrons. The maximum Gasteiger partial charge on any atom is 0.251 e. The van der Waals surface area contributed by atoms with E-state index in [0.29, 0.717) is 41.8 Å². The second-order valence-corrected chi connectivity index (χ2v) is 5.34. The molecular formula is C17H15N5O3. The molecule has 3 aromatic rings. The summed E-state index contributed by atoms with van der Waals surface area (Å²) in [6.07, 6.45) is 6.86. The summed E-state index contributed by atoms with van der Waals surface area (Å²) in [4.78, 5) is 24.9. The Morgan fingerprint density at radius 3 is 2.84 bits per heavy atom. The number of aromatic nitrogens is 4. The van der Waals surface area contributed by atoms with Gasteiger partial charge in [-0.1, -0.05) is 0 Å². The minimum atomic E-state index is -0.170. The summed E-state index contributed by atoms with van der Waals surface area (Å²) in [5, 5.41) is 2.88. The van der Waals surface area contributed by atoms with E-state index in [1.54, 1.807) is 42.9 Å². The highest BCUT2D eigenvalue weighted by atomic mass is 16.7. The van der Waals surface area contributed by atoms with Crippen molar-refractivity contribution < 1.29 is 14.3 Å². The number of fused-ring (bicyclic) bond motifs is 1. The number of hydrogen-bond donors (Lipinski definition) is 1. The Balaban J connectivity index is 1.38. The average Bonchev–Trinajstić information content (AvgIpc) is 3.31. The first-order chi connectivity index (χ1) is 12.3. The normalized spacial score (nSPS) is 12.2. The molecule has 1 aromatic carbocycles. The predicted molar refractivity (Wildman–Crippen MR) is 88.2 cm³/mol. The number of ether oxygens (including phenoxy) is 2. The Kier molecular flexibility index (Phi) is 3.99. The summed E-state index contributed by atoms with van der Waals surface area (Å²) < 4.78 is 12.4. The molecule has 1 amide bonds. The van der Waals surface area contributed by atoms with Crippen molar-refractivity contribution in [2.75, 3.05) is 13.3 Å². The standard InChI is InChI=1S/C17H15N5O3/c23-17(12-2-3-13-14(10-12)25-11-24-13)21-7-9-22-8-6-20-16(22)15-18-4-1-5-19-15/h1-6,8,10H,7,9,11H2,(H,21,23). The maximum absolute atomic E-state index is 12.3. The minimum Gasteiger partial charge on any atom is -0.454 e. The summed E-state index contributed by atoms with van der Waals surface area (Å²) in [7, 11) is 0. The predicted octanol–water partition coefficient (Wildman–Crippen LogP) is 1.50. The van der Waals surface area contributed by atoms with Crippen molar-refractivity contribution in [3.05, 3.63) is 54.6 Å². The number of nitrogens with zero attached hydrogens (tertiary/aromatic N) is 4. The van der Waals surface area contributed by atoms with Crippen LogP contribution in [0.25, 0.3) is 11.6 Å². The summed E-state index contributed by atoms with van der Waals surface area (Å²) in [6.45, 7) is 1.19. The maximum atomic E-state index is 12.3. The van der Waals surface area contributed by atoms with Gasteiger partial charge >= 0.3 is 0 Å². The van der Waals surface area contributed by atoms with E-state index in [-0.39, 0.29) is 12.7 Å². The van der Waals surface area contributed by atoms with E-state index in [1.165, 1.54) is 0 Å². The van der Waals surface area contributed by atoms with Gasteiger partial charge in [0, 0.05) is 43.4 Å². The van der Waals surface area contributed by atoms with Crippen molar-refractivity contribution in [2.45, 2.75) is 6.54 Å². The highest BCUT2D eigenvalue weighted by molar-refractivity contribution is 5.94. The van der Waals surface area contributed by atoms with E-state index in [2.05, 4.69) is 20.3 Å². The van der Waals surface area contributed by atoms with Gasteiger partial charge in [0.05, 0.1) is 0 Å². The summed E-state index contributed by atoms with van der Waals surface area (Å²) >= 11 is 0. The number of carbonyl (C=O) groups is 1. The molecule has 25 heavy (non-hydrogen) atoms. The smallest absolute Gasteiger partial charge is 0.251 e. The quantitative estimate of drug-likeness (QED) is 0.759. The lowest BCUT2D eigenvalue weighted by atomic mass is 10.2. The molecule has 0 atom stereocenters. The zero-order valence-electron chi connectivity index (χ0n) is 13.3. The number of hydrogen-bond acceptors (Lipinski definition) is 6. The van der Waals surface area contributed by atoms with Gasteiger partial charge in [0.1, 0.15) is 0 Å². The lowest BCUT2D eigenvalue weighted by molar-refractivity contribution is 0.0952. The van der Waals surface area contributed by atoms with E-state index in [0.717, 1.165) is 0 Å². The van der Waals surface area contributed by atoms with Gasteiger partial charge in [0.15, 0.2) is 23.1 Å². The molecule has 0 saturated heterocycles. The van der Waals surface area contributed by atoms with Crippen LogP contribution in [0.2, 0.25) is 0 Å². The third-order valence-electron chi connectivity index (χ3n) is 3.75. The molecular weight excluding hydrogens is 322 g/mol. The van der Waals surface area contributed by atoms with Crippen molar-refractivity contribution in [3.8, 4) is 23.1 Å². The van der Waals surface area contributed by atoms with Gasteiger partial charge < -0.3 is 19.4 Å². The molecule has 0 saturated carbocycles. The van der Waals surface area contributed by atoms with Gasteiger partial charge in [0.2, 0.25) is 6.79 Å². The van der Waals surface area contributed by atoms with Crippen LogP contribution in [0.4, 0.5) is 0 Å². The topological polar surface area (TPSA) is 91.2 Å². The van der Waals surface area contributed by atoms with Gasteiger partial charge in [-0.3, -0.25) is 4.79 Å². The average molecular weight is 337 g/mol. The van der Waals surface area contributed by atoms with Crippen LogP contribution in [-0.4, -0.2) is 38.8 Å². The Hall–Kier alpha value is -3.42. The molecule has 0 bridgehead atoms. The Bertz CT molecular complexity index is 894. The lowest BCUT2D eigenvalue weighted by Gasteiger charge is -2.09. The van der Waals surface area contributed by atoms with Crippen LogP contribution in [0.3, 0.4) is 0 Å². The summed E-state index contributed by atoms with van der Waals surface area (Å²) in [5.74, 6) is 2.29. The first-order valence-electron chi connectivity index (χ1n) is 7.77. The van der Waals surface area contributed by atoms with Crippen LogP contribution in [0, 0.1) is 0 Å². The number of imidazole rings is 1. The van der Waals surface area contributed by atoms with Crippen LogP contribution in [-0.2, 0) is 6.54 Å². The van der Waals surface area contributed by atoms with Gasteiger partial charge in [-0.15, -0.1) is 0 Å². The van der Waals surface area contributed by atoms with Crippen molar-refractivity contribution in [1.82, 2.24) is 24.8 Å². The van der Waals surface area contributed by atoms with Crippen LogP contribution in [0.5, 0.6) is 11.5 Å². The second kappa shape index (κ2) is 6.60. The monoisotopic (exact) mass is 337 g/mol. The van der Waals surface area contributed by atoms with Crippen LogP contribution < -0.4 is 14.8 Å². The second-order valence-electron chi connectivity index (χ2n) is 5.34. The fourth-order valence-electron chi connectivity index (χ4n) is 2.54. The number of nitrogens with one attached hydrogen (secondary N) is 1. The Morgan fingerprint density at radius 1 is 1.12 bits per heavy atom. The van der Waals surface area contributed by atoms with E-state index < -0.39 is 0 Å². The van der Waals surface area contributed by atoms with Crippen LogP contribution >= 0.6 is 0 Å². The number of benzene rings is 1. The molecule has 8 heteroatoms. The number of carbonyl (C=O) groups excluding carboxylic acids is 1. The zero-order valence-corrected chi connectivity index (χ0v) is 13.3. The molecule has 4 rings (SSSR count). The zero-order chi connectivity index (χ0) is 17.1. The molecule has 0 unspecified atom stereocenters. The minimum absolute atomic E-state index is 0.170. The largest absolute Gasteiger partial charge is 0.454 e. The third kappa shape index (κ3) is 3.14. The Morgan fingerprint density at radius 2 is 1.96 bits per heavy atom. The number of rotatable bonds is 5. The Labute approximate surface area is 143 Å². The van der Waals surface area contributed by atoms with Gasteiger partial charge in [-0.25, -0.2) is 15.0 Å². The SMILES string of the molecule is O=C(NCCn1ccnc1-c1ncccn1)c1ccc2c(c1)OCO2. The molecule has 3 heterocycles. The lowest BCUT2D eigenvalue weighted by Crippen LogP contribution is -2.27. The van der Waals surface area contributed by atoms with E-state index in [4.69, 9.17) is 9.47 Å². The van der Waals surface area contributed by atoms with Crippen molar-refractivity contribution in [2.24, 2.45) is 0 Å². The van der Waals surface area contributed by atoms with E-state index in [9.17, 15) is 4.79 Å². The van der Waals surface area contributed by atoms with Gasteiger partial charge in [-0.2, -0.15) is 0 Å². The molecule has 0 aliphatic carbocycles. The van der Waals surface area contributed by atoms with Crippen molar-refractivity contribution >= 4 is 5.91 Å². The molecule has 0 fully saturated rings. The molecule has 8 nitrogen and oxygen atoms in total. The molecule has 0 spiro atoms. The van der Waals surface area contributed by atoms with E-state index >= 15 is 0 Å². The van der Waals surface area contributed by atoms with Gasteiger partial charge in [-0.05, 0) is 24.3 Å². The first kappa shape index (κ1) is 15.1. The molecule has 1 aliphatic rings. The molecule has 1 aliphatic heterocycles. The van der Waals surface area contributed by atoms with E-state index in [1.807, 2.05) is 10.8 Å². The first-order valence-corrected chi connectivity index (χ1v) is 7.77. The van der Waals surface area contributed by atoms with Crippen molar-refractivity contribution in [1.29, 1.82) is 0 Å². The number of amides is 1. The molecule has 2 aromatic heterocycles.